The van der Waals surface area contributed by atoms with Crippen molar-refractivity contribution in [1.82, 2.24) is 5.01 Å². The second-order valence-corrected chi connectivity index (χ2v) is 9.53. The van der Waals surface area contributed by atoms with Crippen LogP contribution in [0.3, 0.4) is 0 Å². The Balaban J connectivity index is 1.93. The van der Waals surface area contributed by atoms with E-state index in [2.05, 4.69) is 21.0 Å². The number of rotatable bonds is 3. The van der Waals surface area contributed by atoms with Crippen LogP contribution < -0.4 is 0 Å². The molecule has 7 heteroatoms. The van der Waals surface area contributed by atoms with Crippen LogP contribution >= 0.6 is 15.9 Å². The molecule has 2 aliphatic rings. The number of nitrogens with zero attached hydrogens (tertiary/aromatic N) is 3. The first kappa shape index (κ1) is 19.8. The van der Waals surface area contributed by atoms with Crippen LogP contribution in [0.4, 0.5) is 0 Å². The van der Waals surface area contributed by atoms with Gasteiger partial charge in [-0.2, -0.15) is 5.10 Å². The Morgan fingerprint density at radius 3 is 2.41 bits per heavy atom. The zero-order valence-corrected chi connectivity index (χ0v) is 18.0. The molecule has 2 aromatic rings. The van der Waals surface area contributed by atoms with Gasteiger partial charge in [0, 0.05) is 20.4 Å². The van der Waals surface area contributed by atoms with Crippen LogP contribution in [0, 0.1) is 15.5 Å². The summed E-state index contributed by atoms with van der Waals surface area (Å²) in [5.41, 5.74) is 1.83. The van der Waals surface area contributed by atoms with Crippen molar-refractivity contribution in [1.29, 1.82) is 0 Å². The van der Waals surface area contributed by atoms with E-state index in [1.807, 2.05) is 69.3 Å². The van der Waals surface area contributed by atoms with E-state index < -0.39 is 29.5 Å². The van der Waals surface area contributed by atoms with Crippen molar-refractivity contribution >= 4 is 27.9 Å². The fourth-order valence-corrected chi connectivity index (χ4v) is 4.68. The number of Topliss-reactive ketones (excluding diaryl/α,β-unsaturated/α-hetero) is 1. The Morgan fingerprint density at radius 2 is 1.79 bits per heavy atom. The number of hydrazone groups is 1. The van der Waals surface area contributed by atoms with Crippen molar-refractivity contribution in [3.63, 3.8) is 0 Å². The monoisotopic (exact) mass is 455 g/mol. The molecule has 0 radical (unpaired) electrons. The predicted molar refractivity (Wildman–Crippen MR) is 115 cm³/mol. The second-order valence-electron chi connectivity index (χ2n) is 8.61. The van der Waals surface area contributed by atoms with Crippen molar-refractivity contribution in [3.8, 4) is 0 Å². The van der Waals surface area contributed by atoms with Gasteiger partial charge in [-0.05, 0) is 23.3 Å². The molecule has 1 saturated heterocycles. The molecule has 29 heavy (non-hydrogen) atoms. The third-order valence-corrected chi connectivity index (χ3v) is 6.28. The van der Waals surface area contributed by atoms with Crippen molar-refractivity contribution in [3.05, 3.63) is 79.8 Å². The molecule has 2 heterocycles. The first-order chi connectivity index (χ1) is 13.7. The minimum absolute atomic E-state index is 0.0451. The third kappa shape index (κ3) is 3.27. The van der Waals surface area contributed by atoms with Gasteiger partial charge >= 0.3 is 0 Å². The van der Waals surface area contributed by atoms with Crippen molar-refractivity contribution in [2.24, 2.45) is 10.5 Å². The van der Waals surface area contributed by atoms with Gasteiger partial charge in [-0.3, -0.25) is 19.9 Å². The normalized spacial score (nSPS) is 25.4. The maximum atomic E-state index is 13.5. The highest BCUT2D eigenvalue weighted by molar-refractivity contribution is 9.10. The molecule has 6 nitrogen and oxygen atoms in total. The highest BCUT2D eigenvalue weighted by atomic mass is 79.9. The largest absolute Gasteiger partial charge is 0.297 e. The minimum atomic E-state index is -0.980. The summed E-state index contributed by atoms with van der Waals surface area (Å²) in [6.07, 6.45) is 1.70. The number of hydrogen-bond donors (Lipinski definition) is 0. The summed E-state index contributed by atoms with van der Waals surface area (Å²) in [5.74, 6) is -0.644. The van der Waals surface area contributed by atoms with Gasteiger partial charge in [0.1, 0.15) is 12.1 Å². The van der Waals surface area contributed by atoms with Gasteiger partial charge < -0.3 is 0 Å². The number of hydrogen-bond acceptors (Lipinski definition) is 5. The molecule has 150 valence electrons. The Hall–Kier alpha value is -2.54. The molecule has 0 bridgehead atoms. The van der Waals surface area contributed by atoms with Gasteiger partial charge in [0.2, 0.25) is 6.04 Å². The Labute approximate surface area is 177 Å². The van der Waals surface area contributed by atoms with Gasteiger partial charge in [0.15, 0.2) is 5.78 Å². The van der Waals surface area contributed by atoms with Crippen LogP contribution in [-0.4, -0.2) is 34.0 Å². The summed E-state index contributed by atoms with van der Waals surface area (Å²) >= 11 is 3.42. The number of carbonyl (C=O) groups is 1. The van der Waals surface area contributed by atoms with Crippen LogP contribution in [0.5, 0.6) is 0 Å². The number of benzene rings is 2. The number of carbonyl (C=O) groups excluding carboxylic acids is 1. The smallest absolute Gasteiger partial charge is 0.248 e. The SMILES string of the molecule is CC(C)(C)C(=O)[C@@H]1[C@@H](c2ccc(Br)cc2)[C@H]([N+](=O)[O-])[C@H]2c3ccccc3C=NN12. The van der Waals surface area contributed by atoms with Crippen LogP contribution in [0.25, 0.3) is 0 Å². The van der Waals surface area contributed by atoms with Crippen LogP contribution in [0.15, 0.2) is 58.1 Å². The van der Waals surface area contributed by atoms with Crippen molar-refractivity contribution < 1.29 is 9.72 Å². The molecule has 0 N–H and O–H groups in total. The first-order valence-electron chi connectivity index (χ1n) is 9.54. The standard InChI is InChI=1S/C22H22BrN3O3/c1-22(2,3)21(27)20-17(13-8-10-15(23)11-9-13)19(26(28)29)18-16-7-5-4-6-14(16)12-24-25(18)20/h4-12,17-20H,1-3H3/t17-,18+,19-,20-/m0/s1. The van der Waals surface area contributed by atoms with E-state index in [-0.39, 0.29) is 10.7 Å². The second kappa shape index (κ2) is 7.06. The molecule has 2 aliphatic heterocycles. The van der Waals surface area contributed by atoms with E-state index in [0.29, 0.717) is 0 Å². The summed E-state index contributed by atoms with van der Waals surface area (Å²) in [6, 6.07) is 12.7. The van der Waals surface area contributed by atoms with Crippen LogP contribution in [0.2, 0.25) is 0 Å². The lowest BCUT2D eigenvalue weighted by molar-refractivity contribution is -0.529. The summed E-state index contributed by atoms with van der Waals surface area (Å²) in [4.78, 5) is 25.6. The molecule has 4 atom stereocenters. The van der Waals surface area contributed by atoms with Crippen LogP contribution in [0.1, 0.15) is 49.4 Å². The average molecular weight is 456 g/mol. The number of fused-ring (bicyclic) bond motifs is 3. The molecule has 0 unspecified atom stereocenters. The number of halogens is 1. The Kier molecular flexibility index (Phi) is 4.81. The fraction of sp³-hybridized carbons (Fsp3) is 0.364. The highest BCUT2D eigenvalue weighted by Crippen LogP contribution is 2.50. The van der Waals surface area contributed by atoms with Gasteiger partial charge in [0.25, 0.3) is 0 Å². The van der Waals surface area contributed by atoms with Gasteiger partial charge in [-0.25, -0.2) is 0 Å². The first-order valence-corrected chi connectivity index (χ1v) is 10.3. The van der Waals surface area contributed by atoms with E-state index in [9.17, 15) is 14.9 Å². The molecule has 4 rings (SSSR count). The van der Waals surface area contributed by atoms with Crippen LogP contribution in [-0.2, 0) is 4.79 Å². The van der Waals surface area contributed by atoms with Gasteiger partial charge in [0.05, 0.1) is 12.1 Å². The van der Waals surface area contributed by atoms with E-state index in [1.165, 1.54) is 0 Å². The highest BCUT2D eigenvalue weighted by Gasteiger charge is 2.61. The summed E-state index contributed by atoms with van der Waals surface area (Å²) in [7, 11) is 0. The number of ketones is 1. The Bertz CT molecular complexity index is 997. The molecule has 0 aromatic heterocycles. The van der Waals surface area contributed by atoms with E-state index in [1.54, 1.807) is 11.2 Å². The lowest BCUT2D eigenvalue weighted by Gasteiger charge is -2.33. The topological polar surface area (TPSA) is 75.8 Å². The zero-order chi connectivity index (χ0) is 20.9. The maximum absolute atomic E-state index is 13.5. The molecular formula is C22H22BrN3O3. The predicted octanol–water partition coefficient (Wildman–Crippen LogP) is 4.57. The van der Waals surface area contributed by atoms with Gasteiger partial charge in [-0.1, -0.05) is 73.1 Å². The van der Waals surface area contributed by atoms with Gasteiger partial charge in [-0.15, -0.1) is 0 Å². The lowest BCUT2D eigenvalue weighted by Crippen LogP contribution is -2.43. The van der Waals surface area contributed by atoms with E-state index in [4.69, 9.17) is 0 Å². The maximum Gasteiger partial charge on any atom is 0.248 e. The van der Waals surface area contributed by atoms with Crippen molar-refractivity contribution in [2.75, 3.05) is 0 Å². The summed E-state index contributed by atoms with van der Waals surface area (Å²) in [5, 5.41) is 18.6. The molecule has 1 fully saturated rings. The van der Waals surface area contributed by atoms with E-state index >= 15 is 0 Å². The summed E-state index contributed by atoms with van der Waals surface area (Å²) in [6.45, 7) is 5.55. The molecule has 2 aromatic carbocycles. The van der Waals surface area contributed by atoms with Crippen molar-refractivity contribution in [2.45, 2.75) is 44.8 Å². The molecular weight excluding hydrogens is 434 g/mol. The number of nitro groups is 1. The minimum Gasteiger partial charge on any atom is -0.297 e. The average Bonchev–Trinajstić information content (AvgIpc) is 3.02. The molecule has 0 saturated carbocycles. The zero-order valence-electron chi connectivity index (χ0n) is 16.4. The third-order valence-electron chi connectivity index (χ3n) is 5.75. The molecule has 0 spiro atoms. The quantitative estimate of drug-likeness (QED) is 0.501. The fourth-order valence-electron chi connectivity index (χ4n) is 4.41. The Morgan fingerprint density at radius 1 is 1.14 bits per heavy atom. The molecule has 0 aliphatic carbocycles. The molecule has 0 amide bonds. The lowest BCUT2D eigenvalue weighted by atomic mass is 9.78. The summed E-state index contributed by atoms with van der Waals surface area (Å²) < 4.78 is 0.886. The van der Waals surface area contributed by atoms with E-state index in [0.717, 1.165) is 21.2 Å².